The number of phenolic OH excluding ortho intramolecular Hbond substituents is 1. The Hall–Kier alpha value is -2.20. The molecular weight excluding hydrogens is 266 g/mol. The van der Waals surface area contributed by atoms with Crippen LogP contribution < -0.4 is 14.8 Å². The number of benzene rings is 2. The van der Waals surface area contributed by atoms with Crippen LogP contribution in [0.4, 0.5) is 0 Å². The minimum atomic E-state index is 0.178. The van der Waals surface area contributed by atoms with E-state index in [0.717, 1.165) is 11.3 Å². The molecule has 0 radical (unpaired) electrons. The van der Waals surface area contributed by atoms with Gasteiger partial charge in [0.25, 0.3) is 0 Å². The van der Waals surface area contributed by atoms with Crippen LogP contribution in [0, 0.1) is 0 Å². The summed E-state index contributed by atoms with van der Waals surface area (Å²) in [6, 6.07) is 13.5. The highest BCUT2D eigenvalue weighted by atomic mass is 16.5. The molecule has 0 aromatic heterocycles. The van der Waals surface area contributed by atoms with Crippen molar-refractivity contribution in [2.45, 2.75) is 19.5 Å². The number of ether oxygens (including phenoxy) is 2. The highest BCUT2D eigenvalue weighted by Crippen LogP contribution is 2.24. The zero-order chi connectivity index (χ0) is 15.2. The van der Waals surface area contributed by atoms with E-state index in [0.29, 0.717) is 12.3 Å². The van der Waals surface area contributed by atoms with Crippen molar-refractivity contribution >= 4 is 0 Å². The molecule has 0 bridgehead atoms. The van der Waals surface area contributed by atoms with Gasteiger partial charge in [-0.3, -0.25) is 0 Å². The third-order valence-electron chi connectivity index (χ3n) is 3.51. The van der Waals surface area contributed by atoms with Gasteiger partial charge in [0, 0.05) is 24.2 Å². The molecule has 4 heteroatoms. The lowest BCUT2D eigenvalue weighted by Crippen LogP contribution is -2.18. The van der Waals surface area contributed by atoms with E-state index in [1.54, 1.807) is 20.3 Å². The van der Waals surface area contributed by atoms with Crippen molar-refractivity contribution in [1.29, 1.82) is 0 Å². The van der Waals surface area contributed by atoms with E-state index in [9.17, 15) is 5.11 Å². The average Bonchev–Trinajstić information content (AvgIpc) is 2.53. The largest absolute Gasteiger partial charge is 0.507 e. The first-order chi connectivity index (χ1) is 10.1. The van der Waals surface area contributed by atoms with Crippen LogP contribution in [-0.2, 0) is 6.54 Å². The highest BCUT2D eigenvalue weighted by molar-refractivity contribution is 5.39. The molecule has 2 rings (SSSR count). The standard InChI is InChI=1S/C17H21NO3/c1-12(13-4-7-15(20-2)8-5-13)18-11-14-6-9-16(21-3)10-17(14)19/h4-10,12,18-19H,11H2,1-3H3. The fourth-order valence-corrected chi connectivity index (χ4v) is 2.09. The monoisotopic (exact) mass is 287 g/mol. The van der Waals surface area contributed by atoms with Gasteiger partial charge in [0.05, 0.1) is 14.2 Å². The number of nitrogens with one attached hydrogen (secondary N) is 1. The second-order valence-corrected chi connectivity index (χ2v) is 4.87. The third-order valence-corrected chi connectivity index (χ3v) is 3.51. The van der Waals surface area contributed by atoms with E-state index >= 15 is 0 Å². The topological polar surface area (TPSA) is 50.7 Å². The molecule has 21 heavy (non-hydrogen) atoms. The van der Waals surface area contributed by atoms with Gasteiger partial charge < -0.3 is 19.9 Å². The smallest absolute Gasteiger partial charge is 0.123 e. The number of hydrogen-bond donors (Lipinski definition) is 2. The van der Waals surface area contributed by atoms with Crippen LogP contribution in [0.5, 0.6) is 17.2 Å². The molecule has 0 fully saturated rings. The maximum absolute atomic E-state index is 9.94. The van der Waals surface area contributed by atoms with Gasteiger partial charge in [-0.25, -0.2) is 0 Å². The maximum atomic E-state index is 9.94. The first-order valence-electron chi connectivity index (χ1n) is 6.87. The lowest BCUT2D eigenvalue weighted by atomic mass is 10.1. The van der Waals surface area contributed by atoms with Gasteiger partial charge >= 0.3 is 0 Å². The van der Waals surface area contributed by atoms with E-state index in [-0.39, 0.29) is 11.8 Å². The summed E-state index contributed by atoms with van der Waals surface area (Å²) in [5.41, 5.74) is 2.01. The van der Waals surface area contributed by atoms with E-state index in [2.05, 4.69) is 12.2 Å². The molecule has 2 aromatic rings. The van der Waals surface area contributed by atoms with Crippen molar-refractivity contribution in [3.8, 4) is 17.2 Å². The molecule has 0 amide bonds. The molecule has 0 aliphatic carbocycles. The van der Waals surface area contributed by atoms with Crippen molar-refractivity contribution in [2.24, 2.45) is 0 Å². The molecule has 1 atom stereocenters. The lowest BCUT2D eigenvalue weighted by Gasteiger charge is -2.15. The normalized spacial score (nSPS) is 12.0. The molecule has 2 N–H and O–H groups in total. The SMILES string of the molecule is COc1ccc(C(C)NCc2ccc(OC)cc2O)cc1. The molecule has 4 nitrogen and oxygen atoms in total. The summed E-state index contributed by atoms with van der Waals surface area (Å²) in [7, 11) is 3.24. The predicted octanol–water partition coefficient (Wildman–Crippen LogP) is 3.26. The summed E-state index contributed by atoms with van der Waals surface area (Å²) >= 11 is 0. The Morgan fingerprint density at radius 2 is 1.62 bits per heavy atom. The maximum Gasteiger partial charge on any atom is 0.123 e. The summed E-state index contributed by atoms with van der Waals surface area (Å²) in [5.74, 6) is 1.74. The molecule has 112 valence electrons. The average molecular weight is 287 g/mol. The number of phenols is 1. The van der Waals surface area contributed by atoms with Crippen molar-refractivity contribution in [3.63, 3.8) is 0 Å². The summed E-state index contributed by atoms with van der Waals surface area (Å²) < 4.78 is 10.2. The molecular formula is C17H21NO3. The third kappa shape index (κ3) is 3.89. The predicted molar refractivity (Wildman–Crippen MR) is 82.9 cm³/mol. The second-order valence-electron chi connectivity index (χ2n) is 4.87. The quantitative estimate of drug-likeness (QED) is 0.856. The Kier molecular flexibility index (Phi) is 5.06. The first kappa shape index (κ1) is 15.2. The Bertz CT molecular complexity index is 581. The molecule has 0 spiro atoms. The number of hydrogen-bond acceptors (Lipinski definition) is 4. The van der Waals surface area contributed by atoms with Crippen molar-refractivity contribution in [2.75, 3.05) is 14.2 Å². The Balaban J connectivity index is 1.98. The van der Waals surface area contributed by atoms with Crippen LogP contribution >= 0.6 is 0 Å². The number of aromatic hydroxyl groups is 1. The fraction of sp³-hybridized carbons (Fsp3) is 0.294. The van der Waals surface area contributed by atoms with Crippen LogP contribution in [0.25, 0.3) is 0 Å². The summed E-state index contributed by atoms with van der Waals surface area (Å²) in [5, 5.41) is 13.3. The van der Waals surface area contributed by atoms with Gasteiger partial charge in [-0.2, -0.15) is 0 Å². The summed E-state index contributed by atoms with van der Waals surface area (Å²) in [6.45, 7) is 2.67. The molecule has 0 aliphatic heterocycles. The van der Waals surface area contributed by atoms with Gasteiger partial charge in [-0.1, -0.05) is 18.2 Å². The van der Waals surface area contributed by atoms with E-state index in [4.69, 9.17) is 9.47 Å². The summed E-state index contributed by atoms with van der Waals surface area (Å²) in [6.07, 6.45) is 0. The van der Waals surface area contributed by atoms with Crippen LogP contribution in [0.2, 0.25) is 0 Å². The number of methoxy groups -OCH3 is 2. The minimum absolute atomic E-state index is 0.178. The lowest BCUT2D eigenvalue weighted by molar-refractivity contribution is 0.405. The zero-order valence-corrected chi connectivity index (χ0v) is 12.6. The van der Waals surface area contributed by atoms with Gasteiger partial charge in [0.2, 0.25) is 0 Å². The zero-order valence-electron chi connectivity index (χ0n) is 12.6. The molecule has 0 aliphatic rings. The van der Waals surface area contributed by atoms with E-state index in [1.165, 1.54) is 5.56 Å². The number of rotatable bonds is 6. The van der Waals surface area contributed by atoms with Crippen molar-refractivity contribution < 1.29 is 14.6 Å². The Labute approximate surface area is 125 Å². The van der Waals surface area contributed by atoms with Gasteiger partial charge in [0.15, 0.2) is 0 Å². The fourth-order valence-electron chi connectivity index (χ4n) is 2.09. The van der Waals surface area contributed by atoms with Crippen LogP contribution in [0.3, 0.4) is 0 Å². The molecule has 2 aromatic carbocycles. The molecule has 0 heterocycles. The van der Waals surface area contributed by atoms with Crippen molar-refractivity contribution in [3.05, 3.63) is 53.6 Å². The first-order valence-corrected chi connectivity index (χ1v) is 6.87. The van der Waals surface area contributed by atoms with E-state index in [1.807, 2.05) is 36.4 Å². The molecule has 1 unspecified atom stereocenters. The highest BCUT2D eigenvalue weighted by Gasteiger charge is 2.08. The van der Waals surface area contributed by atoms with Crippen molar-refractivity contribution in [1.82, 2.24) is 5.32 Å². The van der Waals surface area contributed by atoms with Crippen LogP contribution in [-0.4, -0.2) is 19.3 Å². The minimum Gasteiger partial charge on any atom is -0.507 e. The second kappa shape index (κ2) is 6.99. The Morgan fingerprint density at radius 3 is 2.19 bits per heavy atom. The van der Waals surface area contributed by atoms with E-state index < -0.39 is 0 Å². The van der Waals surface area contributed by atoms with Crippen LogP contribution in [0.15, 0.2) is 42.5 Å². The van der Waals surface area contributed by atoms with Gasteiger partial charge in [-0.15, -0.1) is 0 Å². The van der Waals surface area contributed by atoms with Gasteiger partial charge in [0.1, 0.15) is 17.2 Å². The van der Waals surface area contributed by atoms with Crippen LogP contribution in [0.1, 0.15) is 24.1 Å². The molecule has 0 saturated carbocycles. The van der Waals surface area contributed by atoms with Gasteiger partial charge in [-0.05, 0) is 30.7 Å². The summed E-state index contributed by atoms with van der Waals surface area (Å²) in [4.78, 5) is 0. The molecule has 0 saturated heterocycles. The Morgan fingerprint density at radius 1 is 1.00 bits per heavy atom.